The summed E-state index contributed by atoms with van der Waals surface area (Å²) in [5.74, 6) is -0.0402. The summed E-state index contributed by atoms with van der Waals surface area (Å²) >= 11 is 0. The molecule has 0 fully saturated rings. The lowest BCUT2D eigenvalue weighted by atomic mass is 10.0. The van der Waals surface area contributed by atoms with Crippen molar-refractivity contribution >= 4 is 18.1 Å². The van der Waals surface area contributed by atoms with Crippen LogP contribution in [0.25, 0.3) is 0 Å². The molecule has 1 rings (SSSR count). The van der Waals surface area contributed by atoms with Gasteiger partial charge in [0.25, 0.3) is 5.69 Å². The van der Waals surface area contributed by atoms with Gasteiger partial charge in [0, 0.05) is 23.7 Å². The lowest BCUT2D eigenvalue weighted by molar-refractivity contribution is -0.385. The van der Waals surface area contributed by atoms with Crippen LogP contribution in [0, 0.1) is 10.1 Å². The number of rotatable bonds is 4. The maximum atomic E-state index is 10.5. The smallest absolute Gasteiger partial charge is 0.270 e. The van der Waals surface area contributed by atoms with E-state index in [4.69, 9.17) is 11.5 Å². The Morgan fingerprint density at radius 1 is 1.50 bits per heavy atom. The van der Waals surface area contributed by atoms with Crippen molar-refractivity contribution in [2.45, 2.75) is 12.5 Å². The first-order chi connectivity index (χ1) is 7.06. The Morgan fingerprint density at radius 3 is 2.62 bits per heavy atom. The number of nitro groups is 1. The Balaban J connectivity index is 0.00000225. The van der Waals surface area contributed by atoms with Crippen LogP contribution < -0.4 is 11.5 Å². The van der Waals surface area contributed by atoms with Gasteiger partial charge in [-0.3, -0.25) is 10.1 Å². The van der Waals surface area contributed by atoms with Crippen LogP contribution in [0.1, 0.15) is 18.0 Å². The van der Waals surface area contributed by atoms with Gasteiger partial charge in [-0.2, -0.15) is 0 Å². The highest BCUT2D eigenvalue weighted by Crippen LogP contribution is 2.28. The third-order valence-corrected chi connectivity index (χ3v) is 2.10. The number of non-ortho nitro benzene ring substituents is 1. The van der Waals surface area contributed by atoms with Crippen LogP contribution in [-0.2, 0) is 0 Å². The molecule has 16 heavy (non-hydrogen) atoms. The van der Waals surface area contributed by atoms with Crippen molar-refractivity contribution in [3.05, 3.63) is 33.9 Å². The van der Waals surface area contributed by atoms with Crippen molar-refractivity contribution in [1.82, 2.24) is 0 Å². The predicted molar refractivity (Wildman–Crippen MR) is 62.6 cm³/mol. The molecule has 0 heterocycles. The second-order valence-electron chi connectivity index (χ2n) is 3.18. The third-order valence-electron chi connectivity index (χ3n) is 2.10. The Morgan fingerprint density at radius 2 is 2.12 bits per heavy atom. The number of nitrogens with zero attached hydrogens (tertiary/aromatic N) is 1. The fraction of sp³-hybridized carbons (Fsp3) is 0.333. The number of benzene rings is 1. The number of nitro benzene ring substituents is 1. The van der Waals surface area contributed by atoms with E-state index in [0.717, 1.165) is 0 Å². The van der Waals surface area contributed by atoms with Crippen molar-refractivity contribution in [2.75, 3.05) is 6.54 Å². The molecule has 0 unspecified atom stereocenters. The molecule has 7 heteroatoms. The van der Waals surface area contributed by atoms with Crippen molar-refractivity contribution in [3.8, 4) is 5.75 Å². The minimum Gasteiger partial charge on any atom is -0.508 e. The van der Waals surface area contributed by atoms with E-state index in [1.54, 1.807) is 0 Å². The lowest BCUT2D eigenvalue weighted by Gasteiger charge is -2.11. The first-order valence-corrected chi connectivity index (χ1v) is 4.49. The van der Waals surface area contributed by atoms with E-state index in [-0.39, 0.29) is 23.8 Å². The molecule has 0 bridgehead atoms. The van der Waals surface area contributed by atoms with Crippen molar-refractivity contribution in [2.24, 2.45) is 11.5 Å². The zero-order valence-electron chi connectivity index (χ0n) is 8.50. The Kier molecular flexibility index (Phi) is 5.73. The fourth-order valence-electron chi connectivity index (χ4n) is 1.29. The maximum Gasteiger partial charge on any atom is 0.270 e. The molecule has 90 valence electrons. The number of hydrogen-bond acceptors (Lipinski definition) is 5. The van der Waals surface area contributed by atoms with Gasteiger partial charge >= 0.3 is 0 Å². The van der Waals surface area contributed by atoms with Crippen molar-refractivity contribution in [3.63, 3.8) is 0 Å². The van der Waals surface area contributed by atoms with E-state index < -0.39 is 11.0 Å². The topological polar surface area (TPSA) is 115 Å². The minimum absolute atomic E-state index is 0. The molecule has 0 spiro atoms. The molecule has 0 aliphatic heterocycles. The van der Waals surface area contributed by atoms with Gasteiger partial charge in [0.05, 0.1) is 4.92 Å². The first-order valence-electron chi connectivity index (χ1n) is 4.49. The average molecular weight is 248 g/mol. The van der Waals surface area contributed by atoms with Crippen LogP contribution in [0.2, 0.25) is 0 Å². The summed E-state index contributed by atoms with van der Waals surface area (Å²) in [5.41, 5.74) is 11.3. The zero-order chi connectivity index (χ0) is 11.4. The first kappa shape index (κ1) is 14.6. The largest absolute Gasteiger partial charge is 0.508 e. The van der Waals surface area contributed by atoms with E-state index in [9.17, 15) is 15.2 Å². The molecule has 0 saturated heterocycles. The van der Waals surface area contributed by atoms with E-state index in [1.807, 2.05) is 0 Å². The molecule has 6 nitrogen and oxygen atoms in total. The van der Waals surface area contributed by atoms with E-state index in [1.165, 1.54) is 18.2 Å². The van der Waals surface area contributed by atoms with Gasteiger partial charge in [-0.15, -0.1) is 12.4 Å². The van der Waals surface area contributed by atoms with Crippen LogP contribution >= 0.6 is 12.4 Å². The lowest BCUT2D eigenvalue weighted by Crippen LogP contribution is -2.15. The second kappa shape index (κ2) is 6.26. The highest BCUT2D eigenvalue weighted by molar-refractivity contribution is 5.85. The molecule has 5 N–H and O–H groups in total. The van der Waals surface area contributed by atoms with Gasteiger partial charge < -0.3 is 16.6 Å². The second-order valence-corrected chi connectivity index (χ2v) is 3.18. The van der Waals surface area contributed by atoms with Gasteiger partial charge in [0.1, 0.15) is 5.75 Å². The quantitative estimate of drug-likeness (QED) is 0.544. The predicted octanol–water partition coefficient (Wildman–Crippen LogP) is 1.07. The van der Waals surface area contributed by atoms with Crippen molar-refractivity contribution in [1.29, 1.82) is 0 Å². The molecular formula is C9H14ClN3O3. The van der Waals surface area contributed by atoms with E-state index in [0.29, 0.717) is 18.5 Å². The number of phenols is 1. The molecule has 1 atom stereocenters. The van der Waals surface area contributed by atoms with E-state index >= 15 is 0 Å². The highest BCUT2D eigenvalue weighted by atomic mass is 35.5. The standard InChI is InChI=1S/C9H13N3O3.ClH/c10-4-3-8(11)7-5-6(12(14)15)1-2-9(7)13;/h1-2,5,8,13H,3-4,10-11H2;1H/t8-;/m1./s1. The molecule has 0 radical (unpaired) electrons. The zero-order valence-corrected chi connectivity index (χ0v) is 9.31. The Bertz CT molecular complexity index is 373. The number of nitrogens with two attached hydrogens (primary N) is 2. The SMILES string of the molecule is Cl.NCC[C@@H](N)c1cc([N+](=O)[O-])ccc1O. The van der Waals surface area contributed by atoms with Gasteiger partial charge in [-0.05, 0) is 19.0 Å². The minimum atomic E-state index is -0.530. The molecule has 0 aromatic heterocycles. The van der Waals surface area contributed by atoms with Crippen molar-refractivity contribution < 1.29 is 10.0 Å². The normalized spacial score (nSPS) is 11.6. The third kappa shape index (κ3) is 3.34. The number of halogens is 1. The Hall–Kier alpha value is -1.37. The van der Waals surface area contributed by atoms with Gasteiger partial charge in [-0.25, -0.2) is 0 Å². The van der Waals surface area contributed by atoms with E-state index in [2.05, 4.69) is 0 Å². The van der Waals surface area contributed by atoms with Crippen LogP contribution in [0.3, 0.4) is 0 Å². The molecule has 1 aromatic rings. The Labute approximate surface area is 98.8 Å². The maximum absolute atomic E-state index is 10.5. The summed E-state index contributed by atoms with van der Waals surface area (Å²) in [6, 6.07) is 3.29. The summed E-state index contributed by atoms with van der Waals surface area (Å²) in [6.45, 7) is 0.364. The van der Waals surface area contributed by atoms with Gasteiger partial charge in [-0.1, -0.05) is 0 Å². The highest BCUT2D eigenvalue weighted by Gasteiger charge is 2.15. The van der Waals surface area contributed by atoms with Gasteiger partial charge in [0.2, 0.25) is 0 Å². The number of phenolic OH excluding ortho intramolecular Hbond substituents is 1. The summed E-state index contributed by atoms with van der Waals surface area (Å²) in [7, 11) is 0. The van der Waals surface area contributed by atoms with Crippen LogP contribution in [-0.4, -0.2) is 16.6 Å². The summed E-state index contributed by atoms with van der Waals surface area (Å²) in [5, 5.41) is 20.0. The number of hydrogen-bond donors (Lipinski definition) is 3. The summed E-state index contributed by atoms with van der Waals surface area (Å²) < 4.78 is 0. The van der Waals surface area contributed by atoms with Crippen LogP contribution in [0.4, 0.5) is 5.69 Å². The van der Waals surface area contributed by atoms with Gasteiger partial charge in [0.15, 0.2) is 0 Å². The monoisotopic (exact) mass is 247 g/mol. The molecule has 0 saturated carbocycles. The summed E-state index contributed by atoms with van der Waals surface area (Å²) in [6.07, 6.45) is 0.467. The molecule has 0 aliphatic carbocycles. The average Bonchev–Trinajstić information content (AvgIpc) is 2.18. The van der Waals surface area contributed by atoms with Crippen LogP contribution in [0.5, 0.6) is 5.75 Å². The van der Waals surface area contributed by atoms with Crippen LogP contribution in [0.15, 0.2) is 18.2 Å². The molecule has 0 amide bonds. The molecular weight excluding hydrogens is 234 g/mol. The fourth-order valence-corrected chi connectivity index (χ4v) is 1.29. The number of aromatic hydroxyl groups is 1. The molecule has 0 aliphatic rings. The summed E-state index contributed by atoms with van der Waals surface area (Å²) in [4.78, 5) is 9.97. The molecule has 1 aromatic carbocycles.